The first-order valence-electron chi connectivity index (χ1n) is 11.9. The van der Waals surface area contributed by atoms with E-state index in [0.29, 0.717) is 25.7 Å². The standard InChI is InChI=1S/C24H35ClO8/c1-13-8-19(31-15(3)27)24(12-30-14(2)26)17(6-5-7-23(24,29)11-25)22(13,4)18-9-16-10-20(28)33-21(16)32-18/h13,16-19,21,29H,5-12H2,1-4H3/t13-,16+,17-,18+,19+,21-,22+,23+,24+/m1/s1. The Labute approximate surface area is 199 Å². The predicted molar refractivity (Wildman–Crippen MR) is 117 cm³/mol. The van der Waals surface area contributed by atoms with E-state index in [1.54, 1.807) is 0 Å². The molecule has 186 valence electrons. The molecular weight excluding hydrogens is 452 g/mol. The van der Waals surface area contributed by atoms with Gasteiger partial charge in [0, 0.05) is 25.2 Å². The van der Waals surface area contributed by atoms with Gasteiger partial charge in [0.2, 0.25) is 6.29 Å². The molecule has 0 radical (unpaired) electrons. The van der Waals surface area contributed by atoms with Crippen LogP contribution >= 0.6 is 11.6 Å². The number of fused-ring (bicyclic) bond motifs is 2. The molecule has 0 bridgehead atoms. The molecule has 8 nitrogen and oxygen atoms in total. The molecule has 2 saturated carbocycles. The van der Waals surface area contributed by atoms with Crippen LogP contribution in [0.3, 0.4) is 0 Å². The molecular formula is C24H35ClO8. The van der Waals surface area contributed by atoms with Crippen molar-refractivity contribution in [3.05, 3.63) is 0 Å². The van der Waals surface area contributed by atoms with Crippen molar-refractivity contribution in [2.45, 2.75) is 90.3 Å². The van der Waals surface area contributed by atoms with Gasteiger partial charge >= 0.3 is 17.9 Å². The van der Waals surface area contributed by atoms with Gasteiger partial charge in [0.05, 0.1) is 29.4 Å². The smallest absolute Gasteiger partial charge is 0.308 e. The zero-order valence-electron chi connectivity index (χ0n) is 19.8. The van der Waals surface area contributed by atoms with Crippen LogP contribution in [0.15, 0.2) is 0 Å². The van der Waals surface area contributed by atoms with Gasteiger partial charge in [-0.05, 0) is 37.5 Å². The van der Waals surface area contributed by atoms with Crippen LogP contribution in [0, 0.1) is 28.6 Å². The van der Waals surface area contributed by atoms with Gasteiger partial charge in [0.1, 0.15) is 12.7 Å². The summed E-state index contributed by atoms with van der Waals surface area (Å²) in [6.45, 7) is 6.86. The fraction of sp³-hybridized carbons (Fsp3) is 0.875. The van der Waals surface area contributed by atoms with Crippen LogP contribution < -0.4 is 0 Å². The Kier molecular flexibility index (Phi) is 6.51. The summed E-state index contributed by atoms with van der Waals surface area (Å²) in [5, 5.41) is 12.0. The minimum Gasteiger partial charge on any atom is -0.465 e. The summed E-state index contributed by atoms with van der Waals surface area (Å²) >= 11 is 6.41. The average Bonchev–Trinajstić information content (AvgIpc) is 3.28. The molecule has 9 heteroatoms. The molecule has 0 aromatic heterocycles. The van der Waals surface area contributed by atoms with Crippen molar-refractivity contribution >= 4 is 29.5 Å². The lowest BCUT2D eigenvalue weighted by molar-refractivity contribution is -0.285. The average molecular weight is 487 g/mol. The molecule has 2 heterocycles. The van der Waals surface area contributed by atoms with Crippen LogP contribution in [-0.2, 0) is 33.3 Å². The third-order valence-corrected chi connectivity index (χ3v) is 9.58. The molecule has 2 aliphatic heterocycles. The molecule has 4 rings (SSSR count). The second kappa shape index (κ2) is 8.68. The van der Waals surface area contributed by atoms with Crippen LogP contribution in [0.4, 0.5) is 0 Å². The molecule has 2 saturated heterocycles. The summed E-state index contributed by atoms with van der Waals surface area (Å²) in [6, 6.07) is 0. The maximum absolute atomic E-state index is 12.1. The number of carbonyl (C=O) groups is 3. The lowest BCUT2D eigenvalue weighted by Gasteiger charge is -2.66. The summed E-state index contributed by atoms with van der Waals surface area (Å²) in [7, 11) is 0. The summed E-state index contributed by atoms with van der Waals surface area (Å²) < 4.78 is 23.1. The number of alkyl halides is 1. The summed E-state index contributed by atoms with van der Waals surface area (Å²) in [5.74, 6) is -1.34. The number of esters is 3. The Morgan fingerprint density at radius 1 is 1.24 bits per heavy atom. The SMILES string of the molecule is CC(=O)OC[C@@]12[C@@H](OC(C)=O)C[C@@H](C)[C@](C)([C@@H]3C[C@H]4CC(=O)O[C@H]4O3)[C@H]1CCC[C@]2(O)CCl. The minimum absolute atomic E-state index is 0.0103. The van der Waals surface area contributed by atoms with E-state index >= 15 is 0 Å². The molecule has 0 spiro atoms. The van der Waals surface area contributed by atoms with Crippen LogP contribution in [0.1, 0.15) is 66.2 Å². The molecule has 9 atom stereocenters. The highest BCUT2D eigenvalue weighted by Crippen LogP contribution is 2.67. The minimum atomic E-state index is -1.39. The third-order valence-electron chi connectivity index (χ3n) is 9.14. The fourth-order valence-corrected chi connectivity index (χ4v) is 7.76. The van der Waals surface area contributed by atoms with E-state index in [9.17, 15) is 19.5 Å². The Hall–Kier alpha value is -1.38. The van der Waals surface area contributed by atoms with Gasteiger partial charge in [-0.1, -0.05) is 20.3 Å². The lowest BCUT2D eigenvalue weighted by atomic mass is 9.41. The summed E-state index contributed by atoms with van der Waals surface area (Å²) in [6.07, 6.45) is 1.97. The van der Waals surface area contributed by atoms with Gasteiger partial charge in [-0.3, -0.25) is 14.4 Å². The summed E-state index contributed by atoms with van der Waals surface area (Å²) in [5.41, 5.74) is -2.92. The molecule has 2 aliphatic carbocycles. The quantitative estimate of drug-likeness (QED) is 0.359. The van der Waals surface area contributed by atoms with E-state index in [2.05, 4.69) is 13.8 Å². The van der Waals surface area contributed by atoms with Gasteiger partial charge in [0.25, 0.3) is 0 Å². The van der Waals surface area contributed by atoms with Crippen LogP contribution in [0.5, 0.6) is 0 Å². The largest absolute Gasteiger partial charge is 0.465 e. The highest BCUT2D eigenvalue weighted by atomic mass is 35.5. The van der Waals surface area contributed by atoms with Crippen molar-refractivity contribution < 1.29 is 38.4 Å². The van der Waals surface area contributed by atoms with Crippen molar-refractivity contribution in [3.8, 4) is 0 Å². The highest BCUT2D eigenvalue weighted by molar-refractivity contribution is 6.18. The van der Waals surface area contributed by atoms with Crippen molar-refractivity contribution in [2.75, 3.05) is 12.5 Å². The second-order valence-corrected chi connectivity index (χ2v) is 11.0. The van der Waals surface area contributed by atoms with Crippen LogP contribution in [0.2, 0.25) is 0 Å². The third kappa shape index (κ3) is 3.76. The van der Waals surface area contributed by atoms with E-state index < -0.39 is 40.8 Å². The summed E-state index contributed by atoms with van der Waals surface area (Å²) in [4.78, 5) is 35.8. The number of hydrogen-bond donors (Lipinski definition) is 1. The number of halogens is 1. The highest BCUT2D eigenvalue weighted by Gasteiger charge is 2.72. The van der Waals surface area contributed by atoms with E-state index in [1.165, 1.54) is 13.8 Å². The first kappa shape index (κ1) is 24.7. The second-order valence-electron chi connectivity index (χ2n) is 10.7. The van der Waals surface area contributed by atoms with Gasteiger partial charge < -0.3 is 24.1 Å². The first-order chi connectivity index (χ1) is 15.5. The normalized spacial score (nSPS) is 46.8. The monoisotopic (exact) mass is 486 g/mol. The Balaban J connectivity index is 1.80. The van der Waals surface area contributed by atoms with Crippen LogP contribution in [-0.4, -0.2) is 59.6 Å². The fourth-order valence-electron chi connectivity index (χ4n) is 7.38. The van der Waals surface area contributed by atoms with Gasteiger partial charge in [-0.2, -0.15) is 0 Å². The molecule has 0 aromatic carbocycles. The predicted octanol–water partition coefficient (Wildman–Crippen LogP) is 2.96. The van der Waals surface area contributed by atoms with E-state index in [4.69, 9.17) is 30.5 Å². The molecule has 0 unspecified atom stereocenters. The van der Waals surface area contributed by atoms with Gasteiger partial charge in [-0.15, -0.1) is 11.6 Å². The van der Waals surface area contributed by atoms with Crippen molar-refractivity contribution in [1.29, 1.82) is 0 Å². The Morgan fingerprint density at radius 3 is 2.58 bits per heavy atom. The van der Waals surface area contributed by atoms with Crippen molar-refractivity contribution in [1.82, 2.24) is 0 Å². The lowest BCUT2D eigenvalue weighted by Crippen LogP contribution is -2.72. The van der Waals surface area contributed by atoms with Crippen LogP contribution in [0.25, 0.3) is 0 Å². The topological polar surface area (TPSA) is 108 Å². The number of aliphatic hydroxyl groups is 1. The van der Waals surface area contributed by atoms with Gasteiger partial charge in [-0.25, -0.2) is 0 Å². The number of carbonyl (C=O) groups excluding carboxylic acids is 3. The van der Waals surface area contributed by atoms with E-state index in [0.717, 1.165) is 12.8 Å². The molecule has 0 amide bonds. The maximum atomic E-state index is 12.1. The zero-order chi connectivity index (χ0) is 24.2. The number of rotatable bonds is 5. The number of hydrogen-bond acceptors (Lipinski definition) is 8. The molecule has 33 heavy (non-hydrogen) atoms. The van der Waals surface area contributed by atoms with E-state index in [1.807, 2.05) is 0 Å². The number of ether oxygens (including phenoxy) is 4. The molecule has 0 aromatic rings. The van der Waals surface area contributed by atoms with E-state index in [-0.39, 0.29) is 42.3 Å². The molecule has 4 aliphatic rings. The van der Waals surface area contributed by atoms with Crippen molar-refractivity contribution in [3.63, 3.8) is 0 Å². The zero-order valence-corrected chi connectivity index (χ0v) is 20.6. The Morgan fingerprint density at radius 2 is 1.97 bits per heavy atom. The maximum Gasteiger partial charge on any atom is 0.308 e. The molecule has 1 N–H and O–H groups in total. The molecule has 4 fully saturated rings. The first-order valence-corrected chi connectivity index (χ1v) is 12.4. The van der Waals surface area contributed by atoms with Gasteiger partial charge in [0.15, 0.2) is 0 Å². The Bertz CT molecular complexity index is 802. The van der Waals surface area contributed by atoms with Crippen molar-refractivity contribution in [2.24, 2.45) is 28.6 Å².